The molecule has 1 amide bonds. The summed E-state index contributed by atoms with van der Waals surface area (Å²) in [5.74, 6) is -1.35. The summed E-state index contributed by atoms with van der Waals surface area (Å²) in [6.45, 7) is 2.55. The molecule has 0 unspecified atom stereocenters. The minimum atomic E-state index is -1.08. The lowest BCUT2D eigenvalue weighted by molar-refractivity contribution is -0.136. The van der Waals surface area contributed by atoms with E-state index < -0.39 is 12.5 Å². The highest BCUT2D eigenvalue weighted by molar-refractivity contribution is 5.99. The molecular formula is C14H20N2O4. The molecule has 20 heavy (non-hydrogen) atoms. The lowest BCUT2D eigenvalue weighted by Gasteiger charge is -2.22. The number of aliphatic carboxylic acids is 1. The monoisotopic (exact) mass is 280 g/mol. The van der Waals surface area contributed by atoms with Gasteiger partial charge in [0.05, 0.1) is 11.4 Å². The zero-order chi connectivity index (χ0) is 15.0. The van der Waals surface area contributed by atoms with Gasteiger partial charge in [0.2, 0.25) is 5.91 Å². The maximum absolute atomic E-state index is 12.1. The topological polar surface area (TPSA) is 92.9 Å². The van der Waals surface area contributed by atoms with E-state index in [4.69, 9.17) is 15.6 Å². The number of amides is 1. The number of rotatable bonds is 8. The van der Waals surface area contributed by atoms with E-state index in [9.17, 15) is 9.59 Å². The van der Waals surface area contributed by atoms with Gasteiger partial charge in [-0.05, 0) is 25.5 Å². The minimum absolute atomic E-state index is 0.224. The molecule has 0 radical (unpaired) electrons. The lowest BCUT2D eigenvalue weighted by Crippen LogP contribution is -2.36. The van der Waals surface area contributed by atoms with Gasteiger partial charge in [0, 0.05) is 19.6 Å². The second kappa shape index (κ2) is 8.16. The molecule has 6 heteroatoms. The molecule has 0 saturated carbocycles. The van der Waals surface area contributed by atoms with Gasteiger partial charge in [-0.25, -0.2) is 0 Å². The minimum Gasteiger partial charge on any atom is -0.480 e. The van der Waals surface area contributed by atoms with Crippen molar-refractivity contribution in [3.05, 3.63) is 24.3 Å². The standard InChI is InChI=1S/C14H20N2O4/c1-2-20-9-5-8-13(17)16(10-14(18)19)12-7-4-3-6-11(12)15/h3-4,6-7H,2,5,8-10,15H2,1H3,(H,18,19). The van der Waals surface area contributed by atoms with E-state index in [0.29, 0.717) is 31.0 Å². The largest absolute Gasteiger partial charge is 0.480 e. The van der Waals surface area contributed by atoms with Crippen LogP contribution < -0.4 is 10.6 Å². The first kappa shape index (κ1) is 16.0. The Morgan fingerprint density at radius 2 is 2.05 bits per heavy atom. The zero-order valence-electron chi connectivity index (χ0n) is 11.5. The summed E-state index contributed by atoms with van der Waals surface area (Å²) in [5, 5.41) is 8.94. The van der Waals surface area contributed by atoms with Gasteiger partial charge < -0.3 is 15.6 Å². The van der Waals surface area contributed by atoms with Crippen LogP contribution in [0, 0.1) is 0 Å². The molecule has 1 aromatic rings. The van der Waals surface area contributed by atoms with Crippen LogP contribution >= 0.6 is 0 Å². The van der Waals surface area contributed by atoms with Gasteiger partial charge >= 0.3 is 5.97 Å². The zero-order valence-corrected chi connectivity index (χ0v) is 11.5. The average molecular weight is 280 g/mol. The van der Waals surface area contributed by atoms with E-state index in [1.165, 1.54) is 4.90 Å². The van der Waals surface area contributed by atoms with Gasteiger partial charge in [-0.15, -0.1) is 0 Å². The number of nitrogen functional groups attached to an aromatic ring is 1. The fraction of sp³-hybridized carbons (Fsp3) is 0.429. The molecule has 0 aliphatic rings. The number of benzene rings is 1. The molecule has 0 spiro atoms. The van der Waals surface area contributed by atoms with Crippen molar-refractivity contribution in [1.29, 1.82) is 0 Å². The number of hydrogen-bond acceptors (Lipinski definition) is 4. The summed E-state index contributed by atoms with van der Waals surface area (Å²) >= 11 is 0. The molecule has 0 bridgehead atoms. The van der Waals surface area contributed by atoms with Gasteiger partial charge in [0.15, 0.2) is 0 Å². The highest BCUT2D eigenvalue weighted by atomic mass is 16.5. The number of nitrogens with zero attached hydrogens (tertiary/aromatic N) is 1. The number of carbonyl (C=O) groups is 2. The smallest absolute Gasteiger partial charge is 0.323 e. The van der Waals surface area contributed by atoms with Gasteiger partial charge in [0.1, 0.15) is 6.54 Å². The van der Waals surface area contributed by atoms with Crippen LogP contribution in [0.3, 0.4) is 0 Å². The van der Waals surface area contributed by atoms with Crippen LogP contribution in [0.4, 0.5) is 11.4 Å². The number of carbonyl (C=O) groups excluding carboxylic acids is 1. The highest BCUT2D eigenvalue weighted by Crippen LogP contribution is 2.23. The Labute approximate surface area is 118 Å². The van der Waals surface area contributed by atoms with Crippen LogP contribution in [0.25, 0.3) is 0 Å². The number of para-hydroxylation sites is 2. The molecule has 0 aromatic heterocycles. The molecule has 0 aliphatic carbocycles. The van der Waals surface area contributed by atoms with Crippen molar-refractivity contribution < 1.29 is 19.4 Å². The molecule has 1 aromatic carbocycles. The SMILES string of the molecule is CCOCCCC(=O)N(CC(=O)O)c1ccccc1N. The van der Waals surface area contributed by atoms with Crippen LogP contribution in [0.15, 0.2) is 24.3 Å². The summed E-state index contributed by atoms with van der Waals surface area (Å²) in [6, 6.07) is 6.72. The Bertz CT molecular complexity index is 462. The second-order valence-electron chi connectivity index (χ2n) is 4.23. The van der Waals surface area contributed by atoms with Crippen molar-refractivity contribution in [1.82, 2.24) is 0 Å². The first-order valence-electron chi connectivity index (χ1n) is 6.50. The van der Waals surface area contributed by atoms with Crippen molar-refractivity contribution in [2.45, 2.75) is 19.8 Å². The Morgan fingerprint density at radius 1 is 1.35 bits per heavy atom. The molecule has 0 atom stereocenters. The molecule has 0 saturated heterocycles. The Morgan fingerprint density at radius 3 is 2.65 bits per heavy atom. The van der Waals surface area contributed by atoms with Gasteiger partial charge in [-0.2, -0.15) is 0 Å². The van der Waals surface area contributed by atoms with Crippen molar-refractivity contribution in [3.8, 4) is 0 Å². The van der Waals surface area contributed by atoms with Crippen molar-refractivity contribution in [2.24, 2.45) is 0 Å². The normalized spacial score (nSPS) is 10.2. The molecule has 0 fully saturated rings. The highest BCUT2D eigenvalue weighted by Gasteiger charge is 2.20. The third kappa shape index (κ3) is 4.89. The van der Waals surface area contributed by atoms with Crippen LogP contribution in [0.2, 0.25) is 0 Å². The van der Waals surface area contributed by atoms with Crippen LogP contribution in [0.1, 0.15) is 19.8 Å². The van der Waals surface area contributed by atoms with Crippen molar-refractivity contribution in [2.75, 3.05) is 30.4 Å². The van der Waals surface area contributed by atoms with Crippen LogP contribution in [0.5, 0.6) is 0 Å². The second-order valence-corrected chi connectivity index (χ2v) is 4.23. The summed E-state index contributed by atoms with van der Waals surface area (Å²) in [7, 11) is 0. The van der Waals surface area contributed by atoms with E-state index in [2.05, 4.69) is 0 Å². The van der Waals surface area contributed by atoms with Crippen LogP contribution in [-0.2, 0) is 14.3 Å². The third-order valence-corrected chi connectivity index (χ3v) is 2.71. The van der Waals surface area contributed by atoms with E-state index in [1.54, 1.807) is 24.3 Å². The number of nitrogens with two attached hydrogens (primary N) is 1. The van der Waals surface area contributed by atoms with E-state index in [-0.39, 0.29) is 12.3 Å². The fourth-order valence-corrected chi connectivity index (χ4v) is 1.78. The van der Waals surface area contributed by atoms with Crippen molar-refractivity contribution in [3.63, 3.8) is 0 Å². The molecule has 6 nitrogen and oxygen atoms in total. The van der Waals surface area contributed by atoms with Gasteiger partial charge in [-0.3, -0.25) is 14.5 Å². The quantitative estimate of drug-likeness (QED) is 0.556. The predicted molar refractivity (Wildman–Crippen MR) is 76.6 cm³/mol. The predicted octanol–water partition coefficient (Wildman–Crippen LogP) is 1.50. The van der Waals surface area contributed by atoms with Gasteiger partial charge in [-0.1, -0.05) is 12.1 Å². The summed E-state index contributed by atoms with van der Waals surface area (Å²) < 4.78 is 5.16. The number of carboxylic acids is 1. The molecule has 0 aliphatic heterocycles. The average Bonchev–Trinajstić information content (AvgIpc) is 2.41. The summed E-state index contributed by atoms with van der Waals surface area (Å²) in [5.41, 5.74) is 6.61. The van der Waals surface area contributed by atoms with E-state index in [1.807, 2.05) is 6.92 Å². The summed E-state index contributed by atoms with van der Waals surface area (Å²) in [6.07, 6.45) is 0.775. The Kier molecular flexibility index (Phi) is 6.52. The molecule has 0 heterocycles. The third-order valence-electron chi connectivity index (χ3n) is 2.71. The summed E-state index contributed by atoms with van der Waals surface area (Å²) in [4.78, 5) is 24.3. The molecular weight excluding hydrogens is 260 g/mol. The van der Waals surface area contributed by atoms with Crippen molar-refractivity contribution >= 4 is 23.3 Å². The van der Waals surface area contributed by atoms with Gasteiger partial charge in [0.25, 0.3) is 0 Å². The Hall–Kier alpha value is -2.08. The first-order valence-corrected chi connectivity index (χ1v) is 6.50. The fourth-order valence-electron chi connectivity index (χ4n) is 1.78. The number of ether oxygens (including phenoxy) is 1. The molecule has 1 rings (SSSR count). The first-order chi connectivity index (χ1) is 9.56. The maximum Gasteiger partial charge on any atom is 0.323 e. The van der Waals surface area contributed by atoms with Crippen LogP contribution in [-0.4, -0.2) is 36.7 Å². The number of carboxylic acid groups (broad SMARTS) is 1. The lowest BCUT2D eigenvalue weighted by atomic mass is 10.2. The number of hydrogen-bond donors (Lipinski definition) is 2. The maximum atomic E-state index is 12.1. The van der Waals surface area contributed by atoms with E-state index >= 15 is 0 Å². The Balaban J connectivity index is 2.76. The van der Waals surface area contributed by atoms with E-state index in [0.717, 1.165) is 0 Å². The molecule has 110 valence electrons. The molecule has 3 N–H and O–H groups in total. The number of anilines is 2.